The summed E-state index contributed by atoms with van der Waals surface area (Å²) < 4.78 is 0. The number of thiophene rings is 1. The molecule has 18 heavy (non-hydrogen) atoms. The van der Waals surface area contributed by atoms with Gasteiger partial charge >= 0.3 is 6.03 Å². The van der Waals surface area contributed by atoms with E-state index in [1.807, 2.05) is 12.3 Å². The predicted octanol–water partition coefficient (Wildman–Crippen LogP) is 2.31. The maximum Gasteiger partial charge on any atom is 0.314 e. The Labute approximate surface area is 112 Å². The van der Waals surface area contributed by atoms with E-state index < -0.39 is 6.10 Å². The quantitative estimate of drug-likeness (QED) is 0.712. The number of urea groups is 1. The van der Waals surface area contributed by atoms with Gasteiger partial charge in [-0.15, -0.1) is 0 Å². The van der Waals surface area contributed by atoms with Crippen LogP contribution in [-0.4, -0.2) is 30.3 Å². The summed E-state index contributed by atoms with van der Waals surface area (Å²) in [6.45, 7) is 5.00. The van der Waals surface area contributed by atoms with Gasteiger partial charge in [0.25, 0.3) is 0 Å². The van der Waals surface area contributed by atoms with Gasteiger partial charge in [0.2, 0.25) is 0 Å². The molecule has 0 spiro atoms. The lowest BCUT2D eigenvalue weighted by Crippen LogP contribution is -2.40. The molecule has 102 valence electrons. The molecule has 4 nitrogen and oxygen atoms in total. The zero-order valence-corrected chi connectivity index (χ0v) is 11.8. The van der Waals surface area contributed by atoms with Gasteiger partial charge in [-0.05, 0) is 34.7 Å². The van der Waals surface area contributed by atoms with Gasteiger partial charge in [0.05, 0.1) is 6.10 Å². The smallest absolute Gasteiger partial charge is 0.314 e. The first kappa shape index (κ1) is 15.0. The van der Waals surface area contributed by atoms with E-state index in [-0.39, 0.29) is 6.03 Å². The van der Waals surface area contributed by atoms with E-state index in [4.69, 9.17) is 0 Å². The van der Waals surface area contributed by atoms with Gasteiger partial charge in [-0.1, -0.05) is 20.3 Å². The zero-order valence-electron chi connectivity index (χ0n) is 11.0. The lowest BCUT2D eigenvalue weighted by molar-refractivity contribution is 0.160. The lowest BCUT2D eigenvalue weighted by Gasteiger charge is -2.14. The number of carbonyl (C=O) groups excluding carboxylic acids is 1. The third-order valence-corrected chi connectivity index (χ3v) is 3.50. The van der Waals surface area contributed by atoms with E-state index in [2.05, 4.69) is 29.0 Å². The summed E-state index contributed by atoms with van der Waals surface area (Å²) >= 11 is 1.66. The average molecular weight is 270 g/mol. The van der Waals surface area contributed by atoms with Crippen LogP contribution in [0.5, 0.6) is 0 Å². The monoisotopic (exact) mass is 270 g/mol. The van der Waals surface area contributed by atoms with Crippen LogP contribution in [0.4, 0.5) is 4.79 Å². The first-order valence-corrected chi connectivity index (χ1v) is 7.29. The Bertz CT molecular complexity index is 341. The molecule has 0 fully saturated rings. The van der Waals surface area contributed by atoms with Crippen molar-refractivity contribution < 1.29 is 9.90 Å². The molecule has 0 aromatic carbocycles. The van der Waals surface area contributed by atoms with E-state index in [1.165, 1.54) is 5.56 Å². The van der Waals surface area contributed by atoms with Gasteiger partial charge in [-0.2, -0.15) is 11.3 Å². The minimum Gasteiger partial charge on any atom is -0.391 e. The van der Waals surface area contributed by atoms with E-state index >= 15 is 0 Å². The molecule has 1 rings (SSSR count). The third kappa shape index (κ3) is 5.51. The van der Waals surface area contributed by atoms with Crippen LogP contribution < -0.4 is 10.6 Å². The van der Waals surface area contributed by atoms with Crippen LogP contribution in [0.15, 0.2) is 16.8 Å². The molecule has 2 atom stereocenters. The first-order valence-electron chi connectivity index (χ1n) is 6.35. The molecule has 3 N–H and O–H groups in total. The highest BCUT2D eigenvalue weighted by Crippen LogP contribution is 2.16. The molecule has 0 aliphatic heterocycles. The standard InChI is InChI=1S/C13H22N2O2S/c1-3-4-12(16)8-15-13(17)14-7-10(2)11-5-6-18-9-11/h5-6,9-10,12,16H,3-4,7-8H2,1-2H3,(H2,14,15,17). The van der Waals surface area contributed by atoms with Crippen molar-refractivity contribution in [2.24, 2.45) is 0 Å². The molecule has 0 saturated carbocycles. The molecule has 2 unspecified atom stereocenters. The van der Waals surface area contributed by atoms with Crippen LogP contribution >= 0.6 is 11.3 Å². The number of carbonyl (C=O) groups is 1. The van der Waals surface area contributed by atoms with Gasteiger partial charge in [0.1, 0.15) is 0 Å². The lowest BCUT2D eigenvalue weighted by atomic mass is 10.1. The van der Waals surface area contributed by atoms with Crippen LogP contribution in [0.1, 0.15) is 38.2 Å². The maximum absolute atomic E-state index is 11.5. The van der Waals surface area contributed by atoms with Crippen molar-refractivity contribution in [3.63, 3.8) is 0 Å². The van der Waals surface area contributed by atoms with Gasteiger partial charge in [-0.3, -0.25) is 0 Å². The highest BCUT2D eigenvalue weighted by molar-refractivity contribution is 7.07. The molecule has 0 aliphatic rings. The van der Waals surface area contributed by atoms with Crippen molar-refractivity contribution in [1.82, 2.24) is 10.6 Å². The number of rotatable bonds is 7. The van der Waals surface area contributed by atoms with Crippen molar-refractivity contribution in [3.05, 3.63) is 22.4 Å². The second-order valence-electron chi connectivity index (χ2n) is 4.49. The molecule has 1 aromatic rings. The van der Waals surface area contributed by atoms with Gasteiger partial charge in [0, 0.05) is 13.1 Å². The summed E-state index contributed by atoms with van der Waals surface area (Å²) in [5, 5.41) is 19.1. The summed E-state index contributed by atoms with van der Waals surface area (Å²) in [7, 11) is 0. The van der Waals surface area contributed by atoms with Crippen LogP contribution in [0, 0.1) is 0 Å². The normalized spacial score (nSPS) is 13.9. The predicted molar refractivity (Wildman–Crippen MR) is 75.1 cm³/mol. The van der Waals surface area contributed by atoms with Crippen molar-refractivity contribution in [1.29, 1.82) is 0 Å². The summed E-state index contributed by atoms with van der Waals surface area (Å²) in [5.41, 5.74) is 1.24. The van der Waals surface area contributed by atoms with Gasteiger partial charge in [0.15, 0.2) is 0 Å². The highest BCUT2D eigenvalue weighted by atomic mass is 32.1. The van der Waals surface area contributed by atoms with E-state index in [1.54, 1.807) is 11.3 Å². The van der Waals surface area contributed by atoms with Crippen molar-refractivity contribution in [2.75, 3.05) is 13.1 Å². The van der Waals surface area contributed by atoms with Crippen LogP contribution in [0.3, 0.4) is 0 Å². The van der Waals surface area contributed by atoms with Crippen molar-refractivity contribution in [3.8, 4) is 0 Å². The largest absolute Gasteiger partial charge is 0.391 e. The minimum atomic E-state index is -0.449. The molecule has 0 bridgehead atoms. The molecular weight excluding hydrogens is 248 g/mol. The molecule has 0 aliphatic carbocycles. The molecule has 1 aromatic heterocycles. The molecule has 5 heteroatoms. The molecule has 0 saturated heterocycles. The van der Waals surface area contributed by atoms with Crippen LogP contribution in [0.25, 0.3) is 0 Å². The topological polar surface area (TPSA) is 61.4 Å². The maximum atomic E-state index is 11.5. The van der Waals surface area contributed by atoms with Crippen LogP contribution in [-0.2, 0) is 0 Å². The van der Waals surface area contributed by atoms with Crippen molar-refractivity contribution in [2.45, 2.75) is 38.7 Å². The number of hydrogen-bond acceptors (Lipinski definition) is 3. The Morgan fingerprint density at radius 1 is 1.44 bits per heavy atom. The average Bonchev–Trinajstić information content (AvgIpc) is 2.87. The Kier molecular flexibility index (Phi) is 6.75. The van der Waals surface area contributed by atoms with E-state index in [0.717, 1.165) is 6.42 Å². The number of aliphatic hydroxyl groups is 1. The highest BCUT2D eigenvalue weighted by Gasteiger charge is 2.09. The number of nitrogens with one attached hydrogen (secondary N) is 2. The van der Waals surface area contributed by atoms with E-state index in [0.29, 0.717) is 25.4 Å². The van der Waals surface area contributed by atoms with Gasteiger partial charge in [-0.25, -0.2) is 4.79 Å². The summed E-state index contributed by atoms with van der Waals surface area (Å²) in [4.78, 5) is 11.5. The Balaban J connectivity index is 2.17. The fourth-order valence-electron chi connectivity index (χ4n) is 1.63. The molecule has 2 amide bonds. The number of hydrogen-bond donors (Lipinski definition) is 3. The second-order valence-corrected chi connectivity index (χ2v) is 5.27. The minimum absolute atomic E-state index is 0.216. The summed E-state index contributed by atoms with van der Waals surface area (Å²) in [6.07, 6.45) is 1.18. The molecular formula is C13H22N2O2S. The fraction of sp³-hybridized carbons (Fsp3) is 0.615. The Morgan fingerprint density at radius 2 is 2.17 bits per heavy atom. The fourth-order valence-corrected chi connectivity index (χ4v) is 2.41. The molecule has 1 heterocycles. The van der Waals surface area contributed by atoms with E-state index in [9.17, 15) is 9.90 Å². The Hall–Kier alpha value is -1.07. The zero-order chi connectivity index (χ0) is 13.4. The summed E-state index contributed by atoms with van der Waals surface area (Å²) in [6, 6.07) is 1.85. The van der Waals surface area contributed by atoms with Crippen molar-refractivity contribution >= 4 is 17.4 Å². The SMILES string of the molecule is CCCC(O)CNC(=O)NCC(C)c1ccsc1. The van der Waals surface area contributed by atoms with Gasteiger partial charge < -0.3 is 15.7 Å². The van der Waals surface area contributed by atoms with Crippen LogP contribution in [0.2, 0.25) is 0 Å². The second kappa shape index (κ2) is 8.11. The Morgan fingerprint density at radius 3 is 2.78 bits per heavy atom. The third-order valence-electron chi connectivity index (χ3n) is 2.80. The summed E-state index contributed by atoms with van der Waals surface area (Å²) in [5.74, 6) is 0.308. The number of amides is 2. The first-order chi connectivity index (χ1) is 8.63. The molecule has 0 radical (unpaired) electrons. The number of aliphatic hydroxyl groups excluding tert-OH is 1.